The third kappa shape index (κ3) is 9.25. The van der Waals surface area contributed by atoms with Crippen LogP contribution in [0.1, 0.15) is 19.8 Å². The third-order valence-electron chi connectivity index (χ3n) is 1.57. The van der Waals surface area contributed by atoms with Crippen molar-refractivity contribution < 1.29 is 13.2 Å². The highest BCUT2D eigenvalue weighted by molar-refractivity contribution is 7.90. The maximum atomic E-state index is 11.1. The van der Waals surface area contributed by atoms with Crippen LogP contribution in [-0.2, 0) is 14.6 Å². The summed E-state index contributed by atoms with van der Waals surface area (Å²) in [5, 5.41) is 2.64. The van der Waals surface area contributed by atoms with Crippen LogP contribution < -0.4 is 5.32 Å². The van der Waals surface area contributed by atoms with E-state index in [9.17, 15) is 13.2 Å². The molecule has 0 rings (SSSR count). The van der Waals surface area contributed by atoms with Crippen LogP contribution in [0, 0.1) is 0 Å². The lowest BCUT2D eigenvalue weighted by Gasteiger charge is -2.01. The SMILES string of the molecule is C/C=C/CCNC(=O)CCS(C)(=O)=O. The predicted octanol–water partition coefficient (Wildman–Crippen LogP) is 0.504. The van der Waals surface area contributed by atoms with E-state index in [0.29, 0.717) is 6.54 Å². The molecule has 0 aliphatic carbocycles. The molecule has 1 N–H and O–H groups in total. The van der Waals surface area contributed by atoms with Crippen molar-refractivity contribution in [2.45, 2.75) is 19.8 Å². The molecule has 0 radical (unpaired) electrons. The van der Waals surface area contributed by atoms with Gasteiger partial charge in [0.1, 0.15) is 9.84 Å². The molecule has 1 amide bonds. The monoisotopic (exact) mass is 219 g/mol. The number of hydrogen-bond donors (Lipinski definition) is 1. The number of carbonyl (C=O) groups excluding carboxylic acids is 1. The van der Waals surface area contributed by atoms with Gasteiger partial charge in [-0.05, 0) is 13.3 Å². The zero-order valence-corrected chi connectivity index (χ0v) is 9.43. The van der Waals surface area contributed by atoms with E-state index in [1.54, 1.807) is 0 Å². The van der Waals surface area contributed by atoms with E-state index in [0.717, 1.165) is 12.7 Å². The molecule has 0 spiro atoms. The van der Waals surface area contributed by atoms with Crippen molar-refractivity contribution in [3.05, 3.63) is 12.2 Å². The first-order valence-corrected chi connectivity index (χ1v) is 6.57. The molecule has 0 aromatic heterocycles. The molecule has 0 unspecified atom stereocenters. The summed E-state index contributed by atoms with van der Waals surface area (Å²) in [4.78, 5) is 11.1. The second-order valence-electron chi connectivity index (χ2n) is 3.09. The predicted molar refractivity (Wildman–Crippen MR) is 56.8 cm³/mol. The highest BCUT2D eigenvalue weighted by Crippen LogP contribution is 1.89. The van der Waals surface area contributed by atoms with Crippen LogP contribution in [0.25, 0.3) is 0 Å². The molecule has 82 valence electrons. The Morgan fingerprint density at radius 3 is 2.57 bits per heavy atom. The zero-order valence-electron chi connectivity index (χ0n) is 8.62. The average molecular weight is 219 g/mol. The minimum Gasteiger partial charge on any atom is -0.356 e. The molecule has 0 atom stereocenters. The fourth-order valence-electron chi connectivity index (χ4n) is 0.828. The van der Waals surface area contributed by atoms with Crippen LogP contribution in [0.5, 0.6) is 0 Å². The lowest BCUT2D eigenvalue weighted by molar-refractivity contribution is -0.120. The summed E-state index contributed by atoms with van der Waals surface area (Å²) in [5.41, 5.74) is 0. The van der Waals surface area contributed by atoms with Crippen LogP contribution in [0.15, 0.2) is 12.2 Å². The molecule has 0 bridgehead atoms. The summed E-state index contributed by atoms with van der Waals surface area (Å²) < 4.78 is 21.4. The quantitative estimate of drug-likeness (QED) is 0.523. The topological polar surface area (TPSA) is 63.2 Å². The van der Waals surface area contributed by atoms with Gasteiger partial charge in [0.2, 0.25) is 5.91 Å². The van der Waals surface area contributed by atoms with E-state index < -0.39 is 9.84 Å². The summed E-state index contributed by atoms with van der Waals surface area (Å²) >= 11 is 0. The maximum Gasteiger partial charge on any atom is 0.221 e. The van der Waals surface area contributed by atoms with Gasteiger partial charge in [0, 0.05) is 19.2 Å². The molecule has 5 heteroatoms. The number of allylic oxidation sites excluding steroid dienone is 1. The standard InChI is InChI=1S/C9H17NO3S/c1-3-4-5-7-10-9(11)6-8-14(2,12)13/h3-4H,5-8H2,1-2H3,(H,10,11)/b4-3+. The third-order valence-corrected chi connectivity index (χ3v) is 2.51. The van der Waals surface area contributed by atoms with Gasteiger partial charge in [-0.3, -0.25) is 4.79 Å². The number of amides is 1. The summed E-state index contributed by atoms with van der Waals surface area (Å²) in [6.45, 7) is 2.47. The molecule has 0 heterocycles. The Labute approximate surface area is 85.3 Å². The molecule has 0 saturated carbocycles. The van der Waals surface area contributed by atoms with E-state index >= 15 is 0 Å². The number of carbonyl (C=O) groups is 1. The Balaban J connectivity index is 3.57. The lowest BCUT2D eigenvalue weighted by atomic mass is 10.3. The molecule has 0 fully saturated rings. The van der Waals surface area contributed by atoms with Crippen LogP contribution in [0.2, 0.25) is 0 Å². The van der Waals surface area contributed by atoms with Gasteiger partial charge in [0.25, 0.3) is 0 Å². The van der Waals surface area contributed by atoms with E-state index in [1.807, 2.05) is 19.1 Å². The van der Waals surface area contributed by atoms with Crippen molar-refractivity contribution in [1.82, 2.24) is 5.32 Å². The van der Waals surface area contributed by atoms with Gasteiger partial charge in [-0.25, -0.2) is 8.42 Å². The minimum absolute atomic E-state index is 0.0503. The number of sulfone groups is 1. The van der Waals surface area contributed by atoms with E-state index in [2.05, 4.69) is 5.32 Å². The van der Waals surface area contributed by atoms with E-state index in [1.165, 1.54) is 0 Å². The van der Waals surface area contributed by atoms with Crippen LogP contribution >= 0.6 is 0 Å². The molecule has 0 aliphatic heterocycles. The number of nitrogens with one attached hydrogen (secondary N) is 1. The normalized spacial score (nSPS) is 11.9. The molecule has 0 saturated heterocycles. The largest absolute Gasteiger partial charge is 0.356 e. The van der Waals surface area contributed by atoms with Crippen molar-refractivity contribution >= 4 is 15.7 Å². The van der Waals surface area contributed by atoms with Gasteiger partial charge in [-0.15, -0.1) is 0 Å². The van der Waals surface area contributed by atoms with Crippen molar-refractivity contribution in [3.63, 3.8) is 0 Å². The van der Waals surface area contributed by atoms with Crippen molar-refractivity contribution in [2.24, 2.45) is 0 Å². The van der Waals surface area contributed by atoms with Gasteiger partial charge in [0.15, 0.2) is 0 Å². The molecule has 0 aromatic rings. The first kappa shape index (κ1) is 13.2. The van der Waals surface area contributed by atoms with Crippen LogP contribution in [0.3, 0.4) is 0 Å². The summed E-state index contributed by atoms with van der Waals surface area (Å²) in [7, 11) is -3.03. The summed E-state index contributed by atoms with van der Waals surface area (Å²) in [6, 6.07) is 0. The zero-order chi connectivity index (χ0) is 11.0. The van der Waals surface area contributed by atoms with Gasteiger partial charge in [-0.1, -0.05) is 12.2 Å². The van der Waals surface area contributed by atoms with Crippen molar-refractivity contribution in [2.75, 3.05) is 18.6 Å². The van der Waals surface area contributed by atoms with Gasteiger partial charge >= 0.3 is 0 Å². The van der Waals surface area contributed by atoms with Gasteiger partial charge < -0.3 is 5.32 Å². The van der Waals surface area contributed by atoms with Gasteiger partial charge in [0.05, 0.1) is 5.75 Å². The molecule has 0 aromatic carbocycles. The number of hydrogen-bond acceptors (Lipinski definition) is 3. The molecular weight excluding hydrogens is 202 g/mol. The van der Waals surface area contributed by atoms with E-state index in [4.69, 9.17) is 0 Å². The second-order valence-corrected chi connectivity index (χ2v) is 5.35. The molecule has 0 aliphatic rings. The fourth-order valence-corrected chi connectivity index (χ4v) is 1.38. The van der Waals surface area contributed by atoms with Crippen LogP contribution in [-0.4, -0.2) is 32.9 Å². The lowest BCUT2D eigenvalue weighted by Crippen LogP contribution is -2.26. The smallest absolute Gasteiger partial charge is 0.221 e. The summed E-state index contributed by atoms with van der Waals surface area (Å²) in [5.74, 6) is -0.289. The summed E-state index contributed by atoms with van der Waals surface area (Å²) in [6.07, 6.45) is 5.80. The van der Waals surface area contributed by atoms with Crippen molar-refractivity contribution in [3.8, 4) is 0 Å². The highest BCUT2D eigenvalue weighted by atomic mass is 32.2. The minimum atomic E-state index is -3.03. The molecular formula is C9H17NO3S. The average Bonchev–Trinajstić information content (AvgIpc) is 2.08. The Hall–Kier alpha value is -0.840. The Morgan fingerprint density at radius 1 is 1.43 bits per heavy atom. The van der Waals surface area contributed by atoms with Crippen LogP contribution in [0.4, 0.5) is 0 Å². The van der Waals surface area contributed by atoms with Crippen molar-refractivity contribution in [1.29, 1.82) is 0 Å². The fraction of sp³-hybridized carbons (Fsp3) is 0.667. The Kier molecular flexibility index (Phi) is 6.19. The second kappa shape index (κ2) is 6.59. The Morgan fingerprint density at radius 2 is 2.07 bits per heavy atom. The Bertz CT molecular complexity index is 293. The highest BCUT2D eigenvalue weighted by Gasteiger charge is 2.06. The maximum absolute atomic E-state index is 11.1. The first-order chi connectivity index (χ1) is 6.45. The van der Waals surface area contributed by atoms with E-state index in [-0.39, 0.29) is 18.1 Å². The molecule has 4 nitrogen and oxygen atoms in total. The number of rotatable bonds is 6. The van der Waals surface area contributed by atoms with Gasteiger partial charge in [-0.2, -0.15) is 0 Å². The molecule has 14 heavy (non-hydrogen) atoms. The first-order valence-electron chi connectivity index (χ1n) is 4.51.